The number of sulfone groups is 1. The molecule has 0 saturated heterocycles. The zero-order valence-corrected chi connectivity index (χ0v) is 29.5. The molecule has 0 saturated carbocycles. The minimum absolute atomic E-state index is 0.0281. The van der Waals surface area contributed by atoms with Gasteiger partial charge in [0, 0.05) is 36.6 Å². The second kappa shape index (κ2) is 16.4. The number of benzene rings is 5. The summed E-state index contributed by atoms with van der Waals surface area (Å²) in [5.74, 6) is 0.0617. The van der Waals surface area contributed by atoms with Crippen molar-refractivity contribution in [2.24, 2.45) is 4.99 Å². The van der Waals surface area contributed by atoms with Gasteiger partial charge in [0.05, 0.1) is 17.3 Å². The Morgan fingerprint density at radius 2 is 1.45 bits per heavy atom. The number of nitrogens with zero attached hydrogens (tertiary/aromatic N) is 1. The fourth-order valence-corrected chi connectivity index (χ4v) is 7.52. The second-order valence-electron chi connectivity index (χ2n) is 12.3. The Morgan fingerprint density at radius 3 is 2.12 bits per heavy atom. The number of nitrogens with one attached hydrogen (secondary N) is 1. The highest BCUT2D eigenvalue weighted by atomic mass is 35.5. The van der Waals surface area contributed by atoms with E-state index < -0.39 is 27.4 Å². The van der Waals surface area contributed by atoms with Gasteiger partial charge in [-0.15, -0.1) is 0 Å². The van der Waals surface area contributed by atoms with E-state index in [0.717, 1.165) is 16.7 Å². The molecular weight excluding hydrogens is 684 g/mol. The van der Waals surface area contributed by atoms with Gasteiger partial charge in [0.15, 0.2) is 21.5 Å². The van der Waals surface area contributed by atoms with Crippen LogP contribution in [0.1, 0.15) is 35.6 Å². The maximum Gasteiger partial charge on any atom is 0.252 e. The molecule has 5 aromatic rings. The van der Waals surface area contributed by atoms with Crippen LogP contribution in [0.2, 0.25) is 5.02 Å². The predicted octanol–water partition coefficient (Wildman–Crippen LogP) is 7.25. The van der Waals surface area contributed by atoms with Gasteiger partial charge in [-0.2, -0.15) is 0 Å². The van der Waals surface area contributed by atoms with Crippen molar-refractivity contribution >= 4 is 33.2 Å². The van der Waals surface area contributed by atoms with Crippen LogP contribution in [0.15, 0.2) is 143 Å². The molecule has 8 nitrogen and oxygen atoms in total. The number of aliphatic hydroxyl groups is 1. The zero-order chi connectivity index (χ0) is 35.7. The van der Waals surface area contributed by atoms with Crippen molar-refractivity contribution in [1.29, 1.82) is 0 Å². The summed E-state index contributed by atoms with van der Waals surface area (Å²) in [5.41, 5.74) is 2.68. The predicted molar refractivity (Wildman–Crippen MR) is 200 cm³/mol. The Balaban J connectivity index is 1.37. The average Bonchev–Trinajstić information content (AvgIpc) is 3.57. The first kappa shape index (κ1) is 35.9. The Kier molecular flexibility index (Phi) is 11.5. The van der Waals surface area contributed by atoms with E-state index >= 15 is 0 Å². The molecule has 262 valence electrons. The monoisotopic (exact) mass is 722 g/mol. The first-order valence-electron chi connectivity index (χ1n) is 16.8. The number of hydrogen-bond acceptors (Lipinski definition) is 7. The molecule has 0 bridgehead atoms. The van der Waals surface area contributed by atoms with Crippen LogP contribution >= 0.6 is 11.6 Å². The highest BCUT2D eigenvalue weighted by molar-refractivity contribution is 7.91. The van der Waals surface area contributed by atoms with Crippen LogP contribution in [0.5, 0.6) is 5.75 Å². The molecule has 0 unspecified atom stereocenters. The molecule has 0 fully saturated rings. The third-order valence-corrected chi connectivity index (χ3v) is 10.8. The lowest BCUT2D eigenvalue weighted by Gasteiger charge is -2.30. The van der Waals surface area contributed by atoms with E-state index in [9.17, 15) is 13.2 Å². The number of aliphatic hydroxyl groups excluding tert-OH is 1. The van der Waals surface area contributed by atoms with Gasteiger partial charge in [-0.05, 0) is 77.2 Å². The Morgan fingerprint density at radius 1 is 0.824 bits per heavy atom. The lowest BCUT2D eigenvalue weighted by atomic mass is 9.84. The molecule has 2 atom stereocenters. The summed E-state index contributed by atoms with van der Waals surface area (Å²) in [7, 11) is -3.79. The molecule has 1 aliphatic rings. The highest BCUT2D eigenvalue weighted by Crippen LogP contribution is 2.43. The van der Waals surface area contributed by atoms with Crippen molar-refractivity contribution in [1.82, 2.24) is 5.32 Å². The molecular formula is C41H39ClN2O6S. The average molecular weight is 723 g/mol. The molecule has 0 spiro atoms. The summed E-state index contributed by atoms with van der Waals surface area (Å²) in [5, 5.41) is 12.8. The standard InChI is InChI=1S/C41H39ClN2O6S/c42-35-20-12-30(13-21-35)24-26-43-40(46)41(25-29-51(47,48)37-10-5-2-6-11-37)38(33-16-14-32(15-17-33)31-8-3-1-4-9-31)50-39(44-41)34-18-22-36(23-19-34)49-28-7-27-45/h1-6,8-23,38,45H,7,24-29H2,(H,43,46)/t38-,41-/m1/s1. The van der Waals surface area contributed by atoms with Crippen LogP contribution in [0.3, 0.4) is 0 Å². The van der Waals surface area contributed by atoms with Crippen molar-refractivity contribution in [3.8, 4) is 16.9 Å². The third kappa shape index (κ3) is 8.68. The molecule has 51 heavy (non-hydrogen) atoms. The number of aliphatic imine (C=N–C) groups is 1. The van der Waals surface area contributed by atoms with E-state index in [1.54, 1.807) is 66.7 Å². The number of carbonyl (C=O) groups excluding carboxylic acids is 1. The van der Waals surface area contributed by atoms with Gasteiger partial charge in [0.25, 0.3) is 5.91 Å². The van der Waals surface area contributed by atoms with Crippen LogP contribution in [0, 0.1) is 0 Å². The maximum absolute atomic E-state index is 14.6. The van der Waals surface area contributed by atoms with E-state index in [1.165, 1.54) is 0 Å². The quantitative estimate of drug-likeness (QED) is 0.110. The van der Waals surface area contributed by atoms with Gasteiger partial charge in [-0.25, -0.2) is 13.4 Å². The van der Waals surface area contributed by atoms with E-state index in [-0.39, 0.29) is 36.1 Å². The highest BCUT2D eigenvalue weighted by Gasteiger charge is 2.53. The van der Waals surface area contributed by atoms with Gasteiger partial charge < -0.3 is 19.9 Å². The lowest BCUT2D eigenvalue weighted by Crippen LogP contribution is -2.49. The van der Waals surface area contributed by atoms with Crippen molar-refractivity contribution in [3.05, 3.63) is 155 Å². The van der Waals surface area contributed by atoms with Crippen molar-refractivity contribution < 1.29 is 27.8 Å². The second-order valence-corrected chi connectivity index (χ2v) is 14.8. The largest absolute Gasteiger partial charge is 0.494 e. The molecule has 0 aliphatic carbocycles. The fraction of sp³-hybridized carbons (Fsp3) is 0.220. The van der Waals surface area contributed by atoms with Crippen LogP contribution < -0.4 is 10.1 Å². The van der Waals surface area contributed by atoms with E-state index in [1.807, 2.05) is 66.7 Å². The molecule has 0 aromatic heterocycles. The zero-order valence-electron chi connectivity index (χ0n) is 28.0. The number of amides is 1. The summed E-state index contributed by atoms with van der Waals surface area (Å²) < 4.78 is 39.6. The Hall–Kier alpha value is -4.96. The smallest absolute Gasteiger partial charge is 0.252 e. The lowest BCUT2D eigenvalue weighted by molar-refractivity contribution is -0.129. The van der Waals surface area contributed by atoms with Crippen LogP contribution in [-0.4, -0.2) is 56.4 Å². The first-order valence-corrected chi connectivity index (χ1v) is 18.9. The van der Waals surface area contributed by atoms with E-state index in [4.69, 9.17) is 31.2 Å². The number of carbonyl (C=O) groups is 1. The molecule has 1 heterocycles. The first-order chi connectivity index (χ1) is 24.8. The van der Waals surface area contributed by atoms with Gasteiger partial charge >= 0.3 is 0 Å². The minimum atomic E-state index is -3.79. The van der Waals surface area contributed by atoms with Crippen molar-refractivity contribution in [3.63, 3.8) is 0 Å². The summed E-state index contributed by atoms with van der Waals surface area (Å²) in [6.07, 6.45) is -0.0237. The summed E-state index contributed by atoms with van der Waals surface area (Å²) >= 11 is 6.07. The van der Waals surface area contributed by atoms with Gasteiger partial charge in [0.2, 0.25) is 5.90 Å². The van der Waals surface area contributed by atoms with Crippen LogP contribution in [0.25, 0.3) is 11.1 Å². The van der Waals surface area contributed by atoms with E-state index in [0.29, 0.717) is 41.3 Å². The molecule has 2 N–H and O–H groups in total. The SMILES string of the molecule is O=C(NCCc1ccc(Cl)cc1)[C@]1(CCS(=O)(=O)c2ccccc2)N=C(c2ccc(OCCCO)cc2)O[C@@H]1c1ccc(-c2ccccc2)cc1. The van der Waals surface area contributed by atoms with Crippen molar-refractivity contribution in [2.75, 3.05) is 25.5 Å². The maximum atomic E-state index is 14.6. The van der Waals surface area contributed by atoms with Gasteiger partial charge in [0.1, 0.15) is 5.75 Å². The molecule has 10 heteroatoms. The number of rotatable bonds is 15. The molecule has 0 radical (unpaired) electrons. The van der Waals surface area contributed by atoms with Gasteiger partial charge in [-0.3, -0.25) is 4.79 Å². The molecule has 1 aliphatic heterocycles. The molecule has 6 rings (SSSR count). The topological polar surface area (TPSA) is 114 Å². The van der Waals surface area contributed by atoms with Crippen LogP contribution in [0.4, 0.5) is 0 Å². The summed E-state index contributed by atoms with van der Waals surface area (Å²) in [6.45, 7) is 0.682. The summed E-state index contributed by atoms with van der Waals surface area (Å²) in [6, 6.07) is 40.4. The third-order valence-electron chi connectivity index (χ3n) is 8.82. The Labute approximate surface area is 303 Å². The van der Waals surface area contributed by atoms with Crippen LogP contribution in [-0.2, 0) is 25.8 Å². The fourth-order valence-electron chi connectivity index (χ4n) is 6.01. The summed E-state index contributed by atoms with van der Waals surface area (Å²) in [4.78, 5) is 19.7. The van der Waals surface area contributed by atoms with E-state index in [2.05, 4.69) is 5.32 Å². The van der Waals surface area contributed by atoms with Crippen molar-refractivity contribution in [2.45, 2.75) is 35.8 Å². The number of ether oxygens (including phenoxy) is 2. The molecule has 5 aromatic carbocycles. The Bertz CT molecular complexity index is 2040. The number of halogens is 1. The van der Waals surface area contributed by atoms with Gasteiger partial charge in [-0.1, -0.05) is 96.5 Å². The number of hydrogen-bond donors (Lipinski definition) is 2. The normalized spacial score (nSPS) is 17.0. The molecule has 1 amide bonds. The minimum Gasteiger partial charge on any atom is -0.494 e.